The van der Waals surface area contributed by atoms with E-state index in [9.17, 15) is 5.11 Å². The van der Waals surface area contributed by atoms with E-state index < -0.39 is 0 Å². The largest absolute Gasteiger partial charge is 0.512 e. The van der Waals surface area contributed by atoms with Gasteiger partial charge < -0.3 is 5.11 Å². The summed E-state index contributed by atoms with van der Waals surface area (Å²) in [5.74, 6) is 0.450. The molecule has 0 fully saturated rings. The maximum Gasteiger partial charge on any atom is 0.0967 e. The van der Waals surface area contributed by atoms with Crippen molar-refractivity contribution in [2.45, 2.75) is 6.42 Å². The standard InChI is InChI=1S/C13H10O/c14-11-7-6-10-5-4-9-2-1-3-12(9)13(10)8-11/h1-7,14H,8H2. The van der Waals surface area contributed by atoms with Crippen LogP contribution in [-0.4, -0.2) is 5.11 Å². The number of rotatable bonds is 0. The summed E-state index contributed by atoms with van der Waals surface area (Å²) >= 11 is 0. The summed E-state index contributed by atoms with van der Waals surface area (Å²) in [6.07, 6.45) is 10.7. The highest BCUT2D eigenvalue weighted by molar-refractivity contribution is 5.70. The second kappa shape index (κ2) is 2.61. The first kappa shape index (κ1) is 7.63. The summed E-state index contributed by atoms with van der Waals surface area (Å²) in [6.45, 7) is 0. The maximum atomic E-state index is 9.48. The molecule has 1 aromatic rings. The van der Waals surface area contributed by atoms with Crippen molar-refractivity contribution in [3.05, 3.63) is 51.6 Å². The second-order valence-electron chi connectivity index (χ2n) is 3.66. The normalized spacial score (nSPS) is 16.4. The van der Waals surface area contributed by atoms with Gasteiger partial charge in [0.05, 0.1) is 5.76 Å². The molecular weight excluding hydrogens is 172 g/mol. The molecule has 1 nitrogen and oxygen atoms in total. The van der Waals surface area contributed by atoms with Crippen LogP contribution in [-0.2, 0) is 6.42 Å². The fraction of sp³-hybridized carbons (Fsp3) is 0.0769. The molecule has 2 aliphatic carbocycles. The Bertz CT molecular complexity index is 574. The van der Waals surface area contributed by atoms with Crippen molar-refractivity contribution in [2.24, 2.45) is 0 Å². The number of aliphatic hydroxyl groups excluding tert-OH is 1. The van der Waals surface area contributed by atoms with Crippen molar-refractivity contribution in [3.63, 3.8) is 0 Å². The maximum absolute atomic E-state index is 9.48. The molecule has 0 amide bonds. The number of fused-ring (bicyclic) bond motifs is 3. The summed E-state index contributed by atoms with van der Waals surface area (Å²) in [6, 6.07) is 4.24. The second-order valence-corrected chi connectivity index (χ2v) is 3.66. The zero-order chi connectivity index (χ0) is 9.54. The molecule has 0 unspecified atom stereocenters. The van der Waals surface area contributed by atoms with E-state index in [2.05, 4.69) is 30.4 Å². The number of allylic oxidation sites excluding steroid dienone is 3. The molecular formula is C13H10O. The molecule has 2 aliphatic rings. The van der Waals surface area contributed by atoms with Gasteiger partial charge in [0.25, 0.3) is 0 Å². The summed E-state index contributed by atoms with van der Waals surface area (Å²) in [7, 11) is 0. The molecule has 0 aliphatic heterocycles. The molecule has 0 saturated carbocycles. The SMILES string of the molecule is OC1=CC=c2ccc3c(c2C1)C=CC=3. The van der Waals surface area contributed by atoms with E-state index in [4.69, 9.17) is 0 Å². The fourth-order valence-corrected chi connectivity index (χ4v) is 2.07. The van der Waals surface area contributed by atoms with Crippen molar-refractivity contribution in [3.8, 4) is 0 Å². The van der Waals surface area contributed by atoms with Gasteiger partial charge in [0.15, 0.2) is 0 Å². The van der Waals surface area contributed by atoms with E-state index in [1.807, 2.05) is 6.08 Å². The Morgan fingerprint density at radius 3 is 2.79 bits per heavy atom. The van der Waals surface area contributed by atoms with Gasteiger partial charge in [-0.25, -0.2) is 0 Å². The average molecular weight is 182 g/mol. The molecule has 0 bridgehead atoms. The van der Waals surface area contributed by atoms with Crippen LogP contribution in [0.25, 0.3) is 18.2 Å². The van der Waals surface area contributed by atoms with Gasteiger partial charge in [0.2, 0.25) is 0 Å². The lowest BCUT2D eigenvalue weighted by molar-refractivity contribution is 0.398. The van der Waals surface area contributed by atoms with Gasteiger partial charge in [0.1, 0.15) is 0 Å². The van der Waals surface area contributed by atoms with Crippen LogP contribution in [0.4, 0.5) is 0 Å². The Morgan fingerprint density at radius 1 is 1.00 bits per heavy atom. The molecule has 0 spiro atoms. The van der Waals surface area contributed by atoms with E-state index >= 15 is 0 Å². The third-order valence-electron chi connectivity index (χ3n) is 2.78. The van der Waals surface area contributed by atoms with Gasteiger partial charge in [-0.2, -0.15) is 0 Å². The summed E-state index contributed by atoms with van der Waals surface area (Å²) in [5.41, 5.74) is 2.51. The molecule has 14 heavy (non-hydrogen) atoms. The lowest BCUT2D eigenvalue weighted by Crippen LogP contribution is -2.20. The molecule has 3 rings (SSSR count). The van der Waals surface area contributed by atoms with Gasteiger partial charge in [-0.3, -0.25) is 0 Å². The fourth-order valence-electron chi connectivity index (χ4n) is 2.07. The molecule has 0 radical (unpaired) electrons. The van der Waals surface area contributed by atoms with Crippen LogP contribution in [0.3, 0.4) is 0 Å². The predicted octanol–water partition coefficient (Wildman–Crippen LogP) is 1.27. The zero-order valence-electron chi connectivity index (χ0n) is 7.70. The van der Waals surface area contributed by atoms with Crippen molar-refractivity contribution < 1.29 is 5.11 Å². The van der Waals surface area contributed by atoms with Crippen LogP contribution in [0.5, 0.6) is 0 Å². The van der Waals surface area contributed by atoms with Gasteiger partial charge in [-0.1, -0.05) is 36.4 Å². The van der Waals surface area contributed by atoms with Crippen molar-refractivity contribution >= 4 is 18.2 Å². The van der Waals surface area contributed by atoms with Crippen LogP contribution in [0, 0.1) is 0 Å². The smallest absolute Gasteiger partial charge is 0.0967 e. The highest BCUT2D eigenvalue weighted by atomic mass is 16.3. The number of hydrogen-bond acceptors (Lipinski definition) is 1. The minimum Gasteiger partial charge on any atom is -0.512 e. The molecule has 0 saturated heterocycles. The number of aliphatic hydroxyl groups is 1. The third kappa shape index (κ3) is 0.956. The Morgan fingerprint density at radius 2 is 1.86 bits per heavy atom. The first-order valence-electron chi connectivity index (χ1n) is 4.75. The topological polar surface area (TPSA) is 20.2 Å². The Labute approximate surface area is 82.0 Å². The molecule has 1 aromatic carbocycles. The van der Waals surface area contributed by atoms with Crippen LogP contribution in [0.1, 0.15) is 11.1 Å². The Hall–Kier alpha value is -1.76. The van der Waals surface area contributed by atoms with E-state index in [-0.39, 0.29) is 0 Å². The summed E-state index contributed by atoms with van der Waals surface area (Å²) < 4.78 is 0. The third-order valence-corrected chi connectivity index (χ3v) is 2.78. The van der Waals surface area contributed by atoms with Gasteiger partial charge in [0, 0.05) is 6.42 Å². The predicted molar refractivity (Wildman–Crippen MR) is 58.1 cm³/mol. The molecule has 0 aromatic heterocycles. The Balaban J connectivity index is 2.39. The molecule has 1 N–H and O–H groups in total. The number of hydrogen-bond donors (Lipinski definition) is 1. The van der Waals surface area contributed by atoms with E-state index in [1.165, 1.54) is 21.6 Å². The van der Waals surface area contributed by atoms with Crippen LogP contribution >= 0.6 is 0 Å². The van der Waals surface area contributed by atoms with Crippen molar-refractivity contribution in [1.82, 2.24) is 0 Å². The van der Waals surface area contributed by atoms with Crippen molar-refractivity contribution in [1.29, 1.82) is 0 Å². The van der Waals surface area contributed by atoms with E-state index in [0.29, 0.717) is 12.2 Å². The van der Waals surface area contributed by atoms with Gasteiger partial charge in [-0.15, -0.1) is 0 Å². The summed E-state index contributed by atoms with van der Waals surface area (Å²) in [4.78, 5) is 0. The van der Waals surface area contributed by atoms with Crippen LogP contribution in [0.15, 0.2) is 30.0 Å². The van der Waals surface area contributed by atoms with Crippen LogP contribution in [0.2, 0.25) is 0 Å². The zero-order valence-corrected chi connectivity index (χ0v) is 7.70. The quantitative estimate of drug-likeness (QED) is 0.640. The van der Waals surface area contributed by atoms with E-state index in [0.717, 1.165) is 0 Å². The lowest BCUT2D eigenvalue weighted by Gasteiger charge is -2.10. The molecule has 0 atom stereocenters. The minimum absolute atomic E-state index is 0.450. The highest BCUT2D eigenvalue weighted by Crippen LogP contribution is 2.13. The summed E-state index contributed by atoms with van der Waals surface area (Å²) in [5, 5.41) is 12.0. The minimum atomic E-state index is 0.450. The lowest BCUT2D eigenvalue weighted by atomic mass is 9.97. The van der Waals surface area contributed by atoms with Crippen molar-refractivity contribution in [2.75, 3.05) is 0 Å². The first-order chi connectivity index (χ1) is 6.84. The van der Waals surface area contributed by atoms with Gasteiger partial charge >= 0.3 is 0 Å². The van der Waals surface area contributed by atoms with Gasteiger partial charge in [-0.05, 0) is 27.6 Å². The van der Waals surface area contributed by atoms with E-state index in [1.54, 1.807) is 6.08 Å². The van der Waals surface area contributed by atoms with Crippen LogP contribution < -0.4 is 10.4 Å². The highest BCUT2D eigenvalue weighted by Gasteiger charge is 2.10. The Kier molecular flexibility index (Phi) is 1.42. The first-order valence-corrected chi connectivity index (χ1v) is 4.75. The molecule has 0 heterocycles. The average Bonchev–Trinajstić information content (AvgIpc) is 2.65. The number of benzene rings is 1. The monoisotopic (exact) mass is 182 g/mol. The molecule has 68 valence electrons. The molecule has 1 heteroatoms.